The Morgan fingerprint density at radius 3 is 2.72 bits per heavy atom. The molecular weight excluding hydrogens is 332 g/mol. The van der Waals surface area contributed by atoms with Crippen LogP contribution in [-0.4, -0.2) is 29.8 Å². The Morgan fingerprint density at radius 2 is 1.88 bits per heavy atom. The van der Waals surface area contributed by atoms with Gasteiger partial charge < -0.3 is 19.7 Å². The number of ether oxygens (including phenoxy) is 2. The van der Waals surface area contributed by atoms with Crippen LogP contribution in [0.3, 0.4) is 0 Å². The Bertz CT molecular complexity index is 751. The average Bonchev–Trinajstić information content (AvgIpc) is 3.16. The highest BCUT2D eigenvalue weighted by Gasteiger charge is 2.29. The van der Waals surface area contributed by atoms with Crippen LogP contribution in [0.1, 0.15) is 30.0 Å². The van der Waals surface area contributed by atoms with Crippen LogP contribution >= 0.6 is 12.2 Å². The topological polar surface area (TPSA) is 33.7 Å². The van der Waals surface area contributed by atoms with Crippen molar-refractivity contribution in [2.24, 2.45) is 0 Å². The molecule has 25 heavy (non-hydrogen) atoms. The Balaban J connectivity index is 1.45. The van der Waals surface area contributed by atoms with Gasteiger partial charge in [0.05, 0.1) is 6.04 Å². The summed E-state index contributed by atoms with van der Waals surface area (Å²) < 4.78 is 11.4. The summed E-state index contributed by atoms with van der Waals surface area (Å²) in [5.74, 6) is 1.68. The number of hydrogen-bond acceptors (Lipinski definition) is 3. The Kier molecular flexibility index (Phi) is 4.74. The van der Waals surface area contributed by atoms with E-state index in [1.165, 1.54) is 11.1 Å². The predicted molar refractivity (Wildman–Crippen MR) is 102 cm³/mol. The number of nitrogens with zero attached hydrogens (tertiary/aromatic N) is 1. The number of rotatable bonds is 3. The third kappa shape index (κ3) is 3.56. The first-order chi connectivity index (χ1) is 12.3. The molecule has 4 nitrogen and oxygen atoms in total. The van der Waals surface area contributed by atoms with Crippen molar-refractivity contribution in [1.82, 2.24) is 10.2 Å². The van der Waals surface area contributed by atoms with E-state index in [2.05, 4.69) is 34.5 Å². The quantitative estimate of drug-likeness (QED) is 0.851. The summed E-state index contributed by atoms with van der Waals surface area (Å²) in [7, 11) is 0. The highest BCUT2D eigenvalue weighted by molar-refractivity contribution is 7.80. The third-order valence-corrected chi connectivity index (χ3v) is 5.13. The molecule has 0 bridgehead atoms. The molecule has 5 heteroatoms. The third-order valence-electron chi connectivity index (χ3n) is 4.75. The van der Waals surface area contributed by atoms with Gasteiger partial charge in [0.1, 0.15) is 13.2 Å². The largest absolute Gasteiger partial charge is 0.486 e. The molecule has 0 radical (unpaired) electrons. The first-order valence-electron chi connectivity index (χ1n) is 8.79. The van der Waals surface area contributed by atoms with Crippen LogP contribution in [-0.2, 0) is 6.54 Å². The normalized spacial score (nSPS) is 18.9. The molecule has 4 rings (SSSR count). The minimum Gasteiger partial charge on any atom is -0.486 e. The fraction of sp³-hybridized carbons (Fsp3) is 0.350. The number of likely N-dealkylation sites (tertiary alicyclic amines) is 1. The first kappa shape index (κ1) is 16.2. The van der Waals surface area contributed by atoms with E-state index < -0.39 is 0 Å². The van der Waals surface area contributed by atoms with Gasteiger partial charge >= 0.3 is 0 Å². The summed E-state index contributed by atoms with van der Waals surface area (Å²) in [6.07, 6.45) is 2.25. The molecule has 1 saturated heterocycles. The van der Waals surface area contributed by atoms with Gasteiger partial charge in [-0.25, -0.2) is 0 Å². The summed E-state index contributed by atoms with van der Waals surface area (Å²) in [4.78, 5) is 2.30. The van der Waals surface area contributed by atoms with Crippen molar-refractivity contribution in [3.63, 3.8) is 0 Å². The van der Waals surface area contributed by atoms with Crippen LogP contribution in [0.15, 0.2) is 48.5 Å². The highest BCUT2D eigenvalue weighted by atomic mass is 32.1. The fourth-order valence-corrected chi connectivity index (χ4v) is 3.79. The molecule has 0 aliphatic carbocycles. The van der Waals surface area contributed by atoms with E-state index in [-0.39, 0.29) is 0 Å². The van der Waals surface area contributed by atoms with Gasteiger partial charge in [-0.05, 0) is 48.3 Å². The molecule has 2 aliphatic heterocycles. The van der Waals surface area contributed by atoms with Crippen LogP contribution in [0.25, 0.3) is 0 Å². The summed E-state index contributed by atoms with van der Waals surface area (Å²) in [6.45, 7) is 2.97. The van der Waals surface area contributed by atoms with E-state index in [4.69, 9.17) is 21.7 Å². The lowest BCUT2D eigenvalue weighted by Crippen LogP contribution is -2.38. The Morgan fingerprint density at radius 1 is 1.08 bits per heavy atom. The standard InChI is InChI=1S/C20H22N2O2S/c25-20(21-14-15-5-2-1-3-6-15)22-10-4-7-17(22)16-8-9-18-19(13-16)24-12-11-23-18/h1-3,5-6,8-9,13,17H,4,7,10-12,14H2,(H,21,25)/t17-/m0/s1. The van der Waals surface area contributed by atoms with Crippen molar-refractivity contribution < 1.29 is 9.47 Å². The number of thiocarbonyl (C=S) groups is 1. The minimum absolute atomic E-state index is 0.298. The minimum atomic E-state index is 0.298. The Hall–Kier alpha value is -2.27. The number of hydrogen-bond donors (Lipinski definition) is 1. The van der Waals surface area contributed by atoms with Crippen LogP contribution in [0, 0.1) is 0 Å². The van der Waals surface area contributed by atoms with Crippen molar-refractivity contribution >= 4 is 17.3 Å². The maximum absolute atomic E-state index is 5.73. The second-order valence-corrected chi connectivity index (χ2v) is 6.79. The van der Waals surface area contributed by atoms with E-state index in [9.17, 15) is 0 Å². The summed E-state index contributed by atoms with van der Waals surface area (Å²) >= 11 is 5.67. The molecule has 1 atom stereocenters. The van der Waals surface area contributed by atoms with Crippen molar-refractivity contribution in [2.45, 2.75) is 25.4 Å². The highest BCUT2D eigenvalue weighted by Crippen LogP contribution is 2.38. The van der Waals surface area contributed by atoms with Crippen LogP contribution < -0.4 is 14.8 Å². The lowest BCUT2D eigenvalue weighted by Gasteiger charge is -2.29. The van der Waals surface area contributed by atoms with Crippen molar-refractivity contribution in [1.29, 1.82) is 0 Å². The second-order valence-electron chi connectivity index (χ2n) is 6.40. The van der Waals surface area contributed by atoms with E-state index in [0.717, 1.165) is 42.5 Å². The van der Waals surface area contributed by atoms with Gasteiger partial charge in [-0.1, -0.05) is 36.4 Å². The van der Waals surface area contributed by atoms with E-state index in [1.54, 1.807) is 0 Å². The lowest BCUT2D eigenvalue weighted by atomic mass is 10.0. The lowest BCUT2D eigenvalue weighted by molar-refractivity contribution is 0.171. The molecule has 0 aromatic heterocycles. The monoisotopic (exact) mass is 354 g/mol. The van der Waals surface area contributed by atoms with Gasteiger partial charge in [0.2, 0.25) is 0 Å². The molecule has 0 amide bonds. The maximum atomic E-state index is 5.73. The Labute approximate surface area is 153 Å². The summed E-state index contributed by atoms with van der Waals surface area (Å²) in [5.41, 5.74) is 2.48. The van der Waals surface area contributed by atoms with Crippen LogP contribution in [0.4, 0.5) is 0 Å². The van der Waals surface area contributed by atoms with Crippen molar-refractivity contribution in [3.05, 3.63) is 59.7 Å². The molecule has 2 aromatic rings. The SMILES string of the molecule is S=C(NCc1ccccc1)N1CCC[C@H]1c1ccc2c(c1)OCCO2. The average molecular weight is 354 g/mol. The molecular formula is C20H22N2O2S. The van der Waals surface area contributed by atoms with Crippen LogP contribution in [0.5, 0.6) is 11.5 Å². The summed E-state index contributed by atoms with van der Waals surface area (Å²) in [5, 5.41) is 4.22. The molecule has 1 N–H and O–H groups in total. The van der Waals surface area contributed by atoms with E-state index in [1.807, 2.05) is 24.3 Å². The zero-order valence-corrected chi connectivity index (χ0v) is 14.9. The first-order valence-corrected chi connectivity index (χ1v) is 9.20. The molecule has 0 spiro atoms. The van der Waals surface area contributed by atoms with Gasteiger partial charge in [-0.2, -0.15) is 0 Å². The van der Waals surface area contributed by atoms with E-state index in [0.29, 0.717) is 19.3 Å². The van der Waals surface area contributed by atoms with Gasteiger partial charge in [-0.15, -0.1) is 0 Å². The molecule has 2 heterocycles. The number of benzene rings is 2. The molecule has 2 aliphatic rings. The van der Waals surface area contributed by atoms with Gasteiger partial charge in [-0.3, -0.25) is 0 Å². The molecule has 1 fully saturated rings. The summed E-state index contributed by atoms with van der Waals surface area (Å²) in [6, 6.07) is 16.9. The molecule has 0 saturated carbocycles. The number of nitrogens with one attached hydrogen (secondary N) is 1. The number of fused-ring (bicyclic) bond motifs is 1. The molecule has 130 valence electrons. The predicted octanol–water partition coefficient (Wildman–Crippen LogP) is 3.67. The smallest absolute Gasteiger partial charge is 0.169 e. The zero-order valence-electron chi connectivity index (χ0n) is 14.1. The van der Waals surface area contributed by atoms with Crippen molar-refractivity contribution in [2.75, 3.05) is 19.8 Å². The molecule has 0 unspecified atom stereocenters. The maximum Gasteiger partial charge on any atom is 0.169 e. The second kappa shape index (κ2) is 7.31. The van der Waals surface area contributed by atoms with E-state index >= 15 is 0 Å². The van der Waals surface area contributed by atoms with Gasteiger partial charge in [0.25, 0.3) is 0 Å². The van der Waals surface area contributed by atoms with Crippen LogP contribution in [0.2, 0.25) is 0 Å². The van der Waals surface area contributed by atoms with Gasteiger partial charge in [0, 0.05) is 13.1 Å². The van der Waals surface area contributed by atoms with Gasteiger partial charge in [0.15, 0.2) is 16.6 Å². The zero-order chi connectivity index (χ0) is 17.1. The molecule has 2 aromatic carbocycles. The fourth-order valence-electron chi connectivity index (χ4n) is 3.50. The van der Waals surface area contributed by atoms with Crippen molar-refractivity contribution in [3.8, 4) is 11.5 Å².